The number of rotatable bonds is 6. The molecule has 1 aliphatic carbocycles. The third kappa shape index (κ3) is 4.59. The molecule has 2 aromatic rings. The van der Waals surface area contributed by atoms with E-state index >= 15 is 0 Å². The van der Waals surface area contributed by atoms with Crippen molar-refractivity contribution in [3.63, 3.8) is 0 Å². The van der Waals surface area contributed by atoms with Crippen LogP contribution in [0.25, 0.3) is 11.3 Å². The number of nitrogens with one attached hydrogen (secondary N) is 3. The third-order valence-corrected chi connectivity index (χ3v) is 5.47. The quantitative estimate of drug-likeness (QED) is 0.678. The maximum atomic E-state index is 13.0. The van der Waals surface area contributed by atoms with Crippen LogP contribution in [-0.2, 0) is 0 Å². The molecule has 6 heteroatoms. The Balaban J connectivity index is 1.53. The molecular weight excluding hydrogens is 323 g/mol. The Morgan fingerprint density at radius 2 is 1.88 bits per heavy atom. The Hall–Kier alpha value is -1.37. The molecule has 3 rings (SSSR count). The van der Waals surface area contributed by atoms with Gasteiger partial charge in [-0.05, 0) is 69.9 Å². The van der Waals surface area contributed by atoms with Crippen LogP contribution in [0.2, 0.25) is 0 Å². The van der Waals surface area contributed by atoms with Crippen LogP contribution in [0.1, 0.15) is 51.1 Å². The van der Waals surface area contributed by atoms with Crippen LogP contribution >= 0.6 is 12.1 Å². The molecule has 0 spiro atoms. The van der Waals surface area contributed by atoms with Gasteiger partial charge < -0.3 is 0 Å². The summed E-state index contributed by atoms with van der Waals surface area (Å²) in [4.78, 5) is 0. The van der Waals surface area contributed by atoms with E-state index in [0.29, 0.717) is 18.0 Å². The molecule has 0 unspecified atom stereocenters. The zero-order valence-corrected chi connectivity index (χ0v) is 15.0. The van der Waals surface area contributed by atoms with E-state index in [9.17, 15) is 4.39 Å². The van der Waals surface area contributed by atoms with Crippen LogP contribution in [0.15, 0.2) is 30.3 Å². The van der Waals surface area contributed by atoms with Gasteiger partial charge in [0, 0.05) is 41.4 Å². The summed E-state index contributed by atoms with van der Waals surface area (Å²) in [7, 11) is 0. The molecule has 1 aliphatic rings. The normalized spacial score (nSPS) is 21.3. The summed E-state index contributed by atoms with van der Waals surface area (Å²) < 4.78 is 19.9. The molecule has 1 aromatic heterocycles. The van der Waals surface area contributed by atoms with Crippen LogP contribution in [0.4, 0.5) is 4.39 Å². The number of H-pyrrole nitrogens is 1. The first-order chi connectivity index (χ1) is 11.6. The summed E-state index contributed by atoms with van der Waals surface area (Å²) in [6.45, 7) is 4.28. The lowest BCUT2D eigenvalue weighted by molar-refractivity contribution is 0.376. The molecule has 3 N–H and O–H groups in total. The number of halogens is 1. The zero-order chi connectivity index (χ0) is 16.9. The van der Waals surface area contributed by atoms with Crippen molar-refractivity contribution in [3.05, 3.63) is 41.8 Å². The van der Waals surface area contributed by atoms with Crippen LogP contribution in [0.5, 0.6) is 0 Å². The van der Waals surface area contributed by atoms with Gasteiger partial charge in [-0.1, -0.05) is 0 Å². The van der Waals surface area contributed by atoms with Gasteiger partial charge in [0.05, 0.1) is 5.69 Å². The first kappa shape index (κ1) is 17.5. The van der Waals surface area contributed by atoms with E-state index in [4.69, 9.17) is 0 Å². The van der Waals surface area contributed by atoms with Gasteiger partial charge in [-0.25, -0.2) is 13.8 Å². The standard InChI is InChI=1S/C18H25FN4S/c1-12(2)22-24-23-16-9-5-14(6-10-16)18-11-17(20-21-18)13-3-7-15(19)8-4-13/h3-4,7-8,11-12,14,16,22-23H,5-6,9-10H2,1-2H3,(H,20,21). The molecule has 1 fully saturated rings. The molecule has 130 valence electrons. The highest BCUT2D eigenvalue weighted by Crippen LogP contribution is 2.33. The average molecular weight is 348 g/mol. The molecule has 4 nitrogen and oxygen atoms in total. The summed E-state index contributed by atoms with van der Waals surface area (Å²) in [5.41, 5.74) is 3.04. The molecule has 0 radical (unpaired) electrons. The van der Waals surface area contributed by atoms with Gasteiger partial charge in [0.1, 0.15) is 5.82 Å². The summed E-state index contributed by atoms with van der Waals surface area (Å²) in [5, 5.41) is 7.58. The van der Waals surface area contributed by atoms with Crippen LogP contribution < -0.4 is 9.44 Å². The number of hydrogen-bond donors (Lipinski definition) is 3. The molecule has 0 saturated heterocycles. The van der Waals surface area contributed by atoms with E-state index in [1.807, 2.05) is 0 Å². The Kier molecular flexibility index (Phi) is 5.92. The molecule has 0 amide bonds. The van der Waals surface area contributed by atoms with Gasteiger partial charge >= 0.3 is 0 Å². The van der Waals surface area contributed by atoms with E-state index in [2.05, 4.69) is 39.6 Å². The van der Waals surface area contributed by atoms with Crippen molar-refractivity contribution >= 4 is 12.1 Å². The van der Waals surface area contributed by atoms with E-state index in [0.717, 1.165) is 24.1 Å². The predicted molar refractivity (Wildman–Crippen MR) is 98.0 cm³/mol. The highest BCUT2D eigenvalue weighted by molar-refractivity contribution is 7.95. The van der Waals surface area contributed by atoms with Crippen LogP contribution in [-0.4, -0.2) is 22.3 Å². The highest BCUT2D eigenvalue weighted by Gasteiger charge is 2.23. The van der Waals surface area contributed by atoms with Crippen molar-refractivity contribution in [2.24, 2.45) is 0 Å². The minimum Gasteiger partial charge on any atom is -0.282 e. The van der Waals surface area contributed by atoms with Gasteiger partial charge in [0.2, 0.25) is 0 Å². The smallest absolute Gasteiger partial charge is 0.123 e. The molecular formula is C18H25FN4S. The first-order valence-electron chi connectivity index (χ1n) is 8.60. The second-order valence-corrected chi connectivity index (χ2v) is 7.43. The summed E-state index contributed by atoms with van der Waals surface area (Å²) in [5.74, 6) is 0.318. The fourth-order valence-corrected chi connectivity index (χ4v) is 3.78. The predicted octanol–water partition coefficient (Wildman–Crippen LogP) is 4.39. The number of hydrogen-bond acceptors (Lipinski definition) is 4. The SMILES string of the molecule is CC(C)NSNC1CCC(c2cc(-c3ccc(F)cc3)n[nH]2)CC1. The van der Waals surface area contributed by atoms with Crippen molar-refractivity contribution < 1.29 is 4.39 Å². The summed E-state index contributed by atoms with van der Waals surface area (Å²) >= 11 is 1.62. The maximum absolute atomic E-state index is 13.0. The molecule has 1 aromatic carbocycles. The highest BCUT2D eigenvalue weighted by atomic mass is 32.2. The molecule has 1 heterocycles. The minimum absolute atomic E-state index is 0.217. The Morgan fingerprint density at radius 3 is 2.54 bits per heavy atom. The number of aromatic nitrogens is 2. The average Bonchev–Trinajstić information content (AvgIpc) is 3.06. The largest absolute Gasteiger partial charge is 0.282 e. The summed E-state index contributed by atoms with van der Waals surface area (Å²) in [6, 6.07) is 9.66. The zero-order valence-electron chi connectivity index (χ0n) is 14.2. The number of aromatic amines is 1. The van der Waals surface area contributed by atoms with Crippen molar-refractivity contribution in [1.29, 1.82) is 0 Å². The van der Waals surface area contributed by atoms with Gasteiger partial charge in [0.25, 0.3) is 0 Å². The summed E-state index contributed by atoms with van der Waals surface area (Å²) in [6.07, 6.45) is 4.65. The fourth-order valence-electron chi connectivity index (χ4n) is 3.07. The van der Waals surface area contributed by atoms with Gasteiger partial charge in [-0.15, -0.1) is 0 Å². The van der Waals surface area contributed by atoms with E-state index in [1.165, 1.54) is 30.7 Å². The molecule has 0 aliphatic heterocycles. The molecule has 1 saturated carbocycles. The Bertz CT molecular complexity index is 633. The van der Waals surface area contributed by atoms with Crippen molar-refractivity contribution in [3.8, 4) is 11.3 Å². The van der Waals surface area contributed by atoms with Gasteiger partial charge in [-0.3, -0.25) is 5.10 Å². The molecule has 0 bridgehead atoms. The van der Waals surface area contributed by atoms with E-state index in [-0.39, 0.29) is 5.82 Å². The van der Waals surface area contributed by atoms with Gasteiger partial charge in [0.15, 0.2) is 0 Å². The first-order valence-corrected chi connectivity index (χ1v) is 9.41. The van der Waals surface area contributed by atoms with Crippen molar-refractivity contribution in [2.75, 3.05) is 0 Å². The van der Waals surface area contributed by atoms with Crippen molar-refractivity contribution in [2.45, 2.75) is 57.5 Å². The minimum atomic E-state index is -0.217. The van der Waals surface area contributed by atoms with Crippen LogP contribution in [0, 0.1) is 5.82 Å². The lowest BCUT2D eigenvalue weighted by Gasteiger charge is -2.28. The number of nitrogens with zero attached hydrogens (tertiary/aromatic N) is 1. The second-order valence-electron chi connectivity index (χ2n) is 6.76. The monoisotopic (exact) mass is 348 g/mol. The maximum Gasteiger partial charge on any atom is 0.123 e. The van der Waals surface area contributed by atoms with Crippen LogP contribution in [0.3, 0.4) is 0 Å². The number of benzene rings is 1. The van der Waals surface area contributed by atoms with Crippen molar-refractivity contribution in [1.82, 2.24) is 19.6 Å². The van der Waals surface area contributed by atoms with Gasteiger partial charge in [-0.2, -0.15) is 5.10 Å². The third-order valence-electron chi connectivity index (χ3n) is 4.42. The lowest BCUT2D eigenvalue weighted by Crippen LogP contribution is -2.31. The lowest BCUT2D eigenvalue weighted by atomic mass is 9.84. The Morgan fingerprint density at radius 1 is 1.17 bits per heavy atom. The van der Waals surface area contributed by atoms with E-state index < -0.39 is 0 Å². The molecule has 0 atom stereocenters. The van der Waals surface area contributed by atoms with E-state index in [1.54, 1.807) is 24.3 Å². The molecule has 24 heavy (non-hydrogen) atoms. The topological polar surface area (TPSA) is 52.7 Å². The fraction of sp³-hybridized carbons (Fsp3) is 0.500. The second kappa shape index (κ2) is 8.14. The Labute approximate surface area is 147 Å².